The van der Waals surface area contributed by atoms with Gasteiger partial charge in [-0.05, 0) is 87.2 Å². The summed E-state index contributed by atoms with van der Waals surface area (Å²) >= 11 is 3.42. The number of anilines is 1. The molecule has 0 aliphatic carbocycles. The number of sulfonamides is 1. The van der Waals surface area contributed by atoms with Gasteiger partial charge in [-0.1, -0.05) is 58.7 Å². The summed E-state index contributed by atoms with van der Waals surface area (Å²) < 4.78 is 29.9. The van der Waals surface area contributed by atoms with Gasteiger partial charge >= 0.3 is 0 Å². The Morgan fingerprint density at radius 2 is 1.49 bits per heavy atom. The Balaban J connectivity index is 2.04. The molecule has 0 fully saturated rings. The Morgan fingerprint density at radius 1 is 0.897 bits per heavy atom. The lowest BCUT2D eigenvalue weighted by molar-refractivity contribution is -0.139. The zero-order valence-corrected chi connectivity index (χ0v) is 25.5. The van der Waals surface area contributed by atoms with Gasteiger partial charge in [-0.15, -0.1) is 0 Å². The van der Waals surface area contributed by atoms with Crippen LogP contribution in [0.5, 0.6) is 0 Å². The number of hydrogen-bond donors (Lipinski definition) is 1. The Kier molecular flexibility index (Phi) is 10.3. The molecule has 3 aromatic carbocycles. The van der Waals surface area contributed by atoms with Gasteiger partial charge in [-0.3, -0.25) is 13.9 Å². The molecule has 0 spiro atoms. The van der Waals surface area contributed by atoms with Gasteiger partial charge in [0.05, 0.1) is 10.6 Å². The molecule has 0 aromatic heterocycles. The zero-order valence-electron chi connectivity index (χ0n) is 23.1. The molecule has 3 rings (SSSR count). The molecule has 1 N–H and O–H groups in total. The van der Waals surface area contributed by atoms with Gasteiger partial charge in [-0.2, -0.15) is 0 Å². The van der Waals surface area contributed by atoms with Crippen LogP contribution >= 0.6 is 15.9 Å². The number of nitrogens with zero attached hydrogens (tertiary/aromatic N) is 2. The lowest BCUT2D eigenvalue weighted by Gasteiger charge is -2.32. The quantitative estimate of drug-likeness (QED) is 0.309. The van der Waals surface area contributed by atoms with Gasteiger partial charge in [-0.25, -0.2) is 8.42 Å². The number of carbonyl (C=O) groups excluding carboxylic acids is 2. The second-order valence-electron chi connectivity index (χ2n) is 9.79. The number of hydrogen-bond acceptors (Lipinski definition) is 4. The van der Waals surface area contributed by atoms with Crippen LogP contribution in [0.4, 0.5) is 5.69 Å². The average Bonchev–Trinajstić information content (AvgIpc) is 2.89. The molecule has 0 saturated heterocycles. The molecule has 1 atom stereocenters. The normalized spacial score (nSPS) is 12.1. The molecule has 0 bridgehead atoms. The van der Waals surface area contributed by atoms with Crippen LogP contribution in [0.1, 0.15) is 42.5 Å². The van der Waals surface area contributed by atoms with Crippen molar-refractivity contribution in [1.82, 2.24) is 10.2 Å². The number of amides is 2. The van der Waals surface area contributed by atoms with Crippen LogP contribution in [0.15, 0.2) is 76.1 Å². The van der Waals surface area contributed by atoms with Crippen LogP contribution in [0, 0.1) is 20.8 Å². The maximum absolute atomic E-state index is 14.0. The van der Waals surface area contributed by atoms with E-state index in [4.69, 9.17) is 0 Å². The highest BCUT2D eigenvalue weighted by Gasteiger charge is 2.32. The summed E-state index contributed by atoms with van der Waals surface area (Å²) in [7, 11) is -4.09. The van der Waals surface area contributed by atoms with Crippen molar-refractivity contribution in [3.63, 3.8) is 0 Å². The minimum atomic E-state index is -4.09. The van der Waals surface area contributed by atoms with Crippen LogP contribution in [0.2, 0.25) is 0 Å². The second kappa shape index (κ2) is 13.3. The lowest BCUT2D eigenvalue weighted by atomic mass is 10.1. The zero-order chi connectivity index (χ0) is 28.7. The van der Waals surface area contributed by atoms with Crippen LogP contribution in [-0.2, 0) is 26.2 Å². The minimum Gasteiger partial charge on any atom is -0.354 e. The Bertz CT molecular complexity index is 1390. The SMILES string of the molecule is CCCNC(=O)[C@@H](C)N(Cc1ccc(Br)cc1)C(=O)CN(c1cc(C)cc(C)c1)S(=O)(=O)c1ccc(C)cc1. The average molecular weight is 615 g/mol. The van der Waals surface area contributed by atoms with Crippen LogP contribution in [0.25, 0.3) is 0 Å². The number of benzene rings is 3. The molecule has 0 aliphatic heterocycles. The van der Waals surface area contributed by atoms with Gasteiger partial charge in [0.25, 0.3) is 10.0 Å². The van der Waals surface area contributed by atoms with E-state index in [0.29, 0.717) is 12.2 Å². The molecule has 0 heterocycles. The third-order valence-electron chi connectivity index (χ3n) is 6.36. The van der Waals surface area contributed by atoms with Crippen LogP contribution in [-0.4, -0.2) is 44.3 Å². The monoisotopic (exact) mass is 613 g/mol. The fraction of sp³-hybridized carbons (Fsp3) is 0.333. The Labute approximate surface area is 240 Å². The standard InChI is InChI=1S/C30H36BrN3O4S/c1-6-15-32-30(36)24(5)33(19-25-9-11-26(31)12-10-25)29(35)20-34(27-17-22(3)16-23(4)18-27)39(37,38)28-13-7-21(2)8-14-28/h7-14,16-18,24H,6,15,19-20H2,1-5H3,(H,32,36)/t24-/m1/s1. The highest BCUT2D eigenvalue weighted by molar-refractivity contribution is 9.10. The van der Waals surface area contributed by atoms with E-state index in [2.05, 4.69) is 21.2 Å². The van der Waals surface area contributed by atoms with Gasteiger partial charge in [0.1, 0.15) is 12.6 Å². The van der Waals surface area contributed by atoms with E-state index in [9.17, 15) is 18.0 Å². The first kappa shape index (κ1) is 30.4. The van der Waals surface area contributed by atoms with E-state index in [-0.39, 0.29) is 17.3 Å². The molecular weight excluding hydrogens is 578 g/mol. The highest BCUT2D eigenvalue weighted by atomic mass is 79.9. The fourth-order valence-electron chi connectivity index (χ4n) is 4.23. The van der Waals surface area contributed by atoms with Crippen molar-refractivity contribution in [3.05, 3.63) is 93.5 Å². The van der Waals surface area contributed by atoms with E-state index >= 15 is 0 Å². The summed E-state index contributed by atoms with van der Waals surface area (Å²) in [5, 5.41) is 2.85. The van der Waals surface area contributed by atoms with Crippen molar-refractivity contribution in [2.45, 2.75) is 58.5 Å². The molecule has 0 saturated carbocycles. The molecule has 7 nitrogen and oxygen atoms in total. The summed E-state index contributed by atoms with van der Waals surface area (Å²) in [5.74, 6) is -0.770. The van der Waals surface area contributed by atoms with Crippen molar-refractivity contribution in [1.29, 1.82) is 0 Å². The van der Waals surface area contributed by atoms with Gasteiger partial charge in [0, 0.05) is 17.6 Å². The maximum Gasteiger partial charge on any atom is 0.264 e. The van der Waals surface area contributed by atoms with E-state index in [1.54, 1.807) is 43.3 Å². The first-order valence-corrected chi connectivity index (χ1v) is 15.1. The van der Waals surface area contributed by atoms with Crippen LogP contribution in [0.3, 0.4) is 0 Å². The first-order valence-electron chi connectivity index (χ1n) is 12.9. The van der Waals surface area contributed by atoms with Gasteiger partial charge in [0.15, 0.2) is 0 Å². The molecule has 3 aromatic rings. The summed E-state index contributed by atoms with van der Waals surface area (Å²) in [5.41, 5.74) is 3.89. The number of nitrogens with one attached hydrogen (secondary N) is 1. The molecule has 9 heteroatoms. The van der Waals surface area contributed by atoms with Crippen molar-refractivity contribution in [3.8, 4) is 0 Å². The lowest BCUT2D eigenvalue weighted by Crippen LogP contribution is -2.51. The maximum atomic E-state index is 14.0. The number of halogens is 1. The van der Waals surface area contributed by atoms with Crippen molar-refractivity contribution in [2.24, 2.45) is 0 Å². The highest BCUT2D eigenvalue weighted by Crippen LogP contribution is 2.27. The molecule has 208 valence electrons. The minimum absolute atomic E-state index is 0.0910. The summed E-state index contributed by atoms with van der Waals surface area (Å²) in [6.45, 7) is 9.44. The predicted octanol–water partition coefficient (Wildman–Crippen LogP) is 5.51. The summed E-state index contributed by atoms with van der Waals surface area (Å²) in [4.78, 5) is 28.4. The van der Waals surface area contributed by atoms with Crippen LogP contribution < -0.4 is 9.62 Å². The summed E-state index contributed by atoms with van der Waals surface area (Å²) in [6, 6.07) is 18.7. The van der Waals surface area contributed by atoms with Gasteiger partial charge < -0.3 is 10.2 Å². The third kappa shape index (κ3) is 7.92. The fourth-order valence-corrected chi connectivity index (χ4v) is 5.89. The molecule has 0 unspecified atom stereocenters. The smallest absolute Gasteiger partial charge is 0.264 e. The van der Waals surface area contributed by atoms with E-state index in [1.165, 1.54) is 4.90 Å². The molecule has 0 radical (unpaired) electrons. The van der Waals surface area contributed by atoms with Crippen molar-refractivity contribution >= 4 is 43.5 Å². The topological polar surface area (TPSA) is 86.8 Å². The Hall–Kier alpha value is -3.17. The van der Waals surface area contributed by atoms with E-state index < -0.39 is 28.5 Å². The summed E-state index contributed by atoms with van der Waals surface area (Å²) in [6.07, 6.45) is 0.758. The molecular formula is C30H36BrN3O4S. The van der Waals surface area contributed by atoms with Crippen molar-refractivity contribution in [2.75, 3.05) is 17.4 Å². The number of carbonyl (C=O) groups is 2. The van der Waals surface area contributed by atoms with Crippen molar-refractivity contribution < 1.29 is 18.0 Å². The predicted molar refractivity (Wildman–Crippen MR) is 159 cm³/mol. The number of aryl methyl sites for hydroxylation is 3. The second-order valence-corrected chi connectivity index (χ2v) is 12.6. The molecule has 39 heavy (non-hydrogen) atoms. The van der Waals surface area contributed by atoms with E-state index in [0.717, 1.165) is 37.5 Å². The molecule has 0 aliphatic rings. The first-order chi connectivity index (χ1) is 18.4. The Morgan fingerprint density at radius 3 is 2.05 bits per heavy atom. The van der Waals surface area contributed by atoms with Gasteiger partial charge in [0.2, 0.25) is 11.8 Å². The largest absolute Gasteiger partial charge is 0.354 e. The molecule has 2 amide bonds. The third-order valence-corrected chi connectivity index (χ3v) is 8.68. The number of rotatable bonds is 11. The van der Waals surface area contributed by atoms with E-state index in [1.807, 2.05) is 58.0 Å².